The Morgan fingerprint density at radius 3 is 2.84 bits per heavy atom. The smallest absolute Gasteiger partial charge is 0.327 e. The third-order valence-electron chi connectivity index (χ3n) is 2.96. The predicted molar refractivity (Wildman–Crippen MR) is 71.2 cm³/mol. The zero-order valence-electron chi connectivity index (χ0n) is 10.3. The van der Waals surface area contributed by atoms with Gasteiger partial charge in [-0.1, -0.05) is 13.0 Å². The Morgan fingerprint density at radius 2 is 2.26 bits per heavy atom. The van der Waals surface area contributed by atoms with Gasteiger partial charge in [0.05, 0.1) is 5.37 Å². The van der Waals surface area contributed by atoms with Crippen molar-refractivity contribution >= 4 is 23.6 Å². The van der Waals surface area contributed by atoms with Gasteiger partial charge in [-0.2, -0.15) is 0 Å². The van der Waals surface area contributed by atoms with Gasteiger partial charge in [-0.05, 0) is 12.5 Å². The SMILES string of the molecule is CCC1SCC(C(=O)O)N1C(=O)c1cccc(=O)[nH]1. The first kappa shape index (κ1) is 13.7. The molecule has 2 heterocycles. The first-order valence-electron chi connectivity index (χ1n) is 5.91. The van der Waals surface area contributed by atoms with Gasteiger partial charge in [-0.15, -0.1) is 11.8 Å². The molecular weight excluding hydrogens is 268 g/mol. The minimum absolute atomic E-state index is 0.125. The van der Waals surface area contributed by atoms with Gasteiger partial charge in [0.15, 0.2) is 0 Å². The van der Waals surface area contributed by atoms with E-state index >= 15 is 0 Å². The van der Waals surface area contributed by atoms with Gasteiger partial charge in [0.2, 0.25) is 5.56 Å². The number of carboxylic acid groups (broad SMARTS) is 1. The molecule has 7 heteroatoms. The van der Waals surface area contributed by atoms with Crippen LogP contribution in [-0.4, -0.2) is 44.0 Å². The van der Waals surface area contributed by atoms with Crippen molar-refractivity contribution in [2.24, 2.45) is 0 Å². The lowest BCUT2D eigenvalue weighted by atomic mass is 10.2. The molecule has 2 rings (SSSR count). The number of H-pyrrole nitrogens is 1. The molecule has 1 fully saturated rings. The van der Waals surface area contributed by atoms with Gasteiger partial charge in [-0.25, -0.2) is 4.79 Å². The number of pyridine rings is 1. The summed E-state index contributed by atoms with van der Waals surface area (Å²) in [6, 6.07) is 3.43. The van der Waals surface area contributed by atoms with Crippen molar-refractivity contribution in [1.29, 1.82) is 0 Å². The first-order chi connectivity index (χ1) is 9.04. The largest absolute Gasteiger partial charge is 0.480 e. The number of hydrogen-bond donors (Lipinski definition) is 2. The molecule has 1 aromatic heterocycles. The lowest BCUT2D eigenvalue weighted by molar-refractivity contribution is -0.141. The Morgan fingerprint density at radius 1 is 1.53 bits per heavy atom. The van der Waals surface area contributed by atoms with Crippen LogP contribution in [0.2, 0.25) is 0 Å². The lowest BCUT2D eigenvalue weighted by Gasteiger charge is -2.26. The molecule has 1 aliphatic rings. The number of aliphatic carboxylic acids is 1. The molecule has 0 saturated carbocycles. The number of rotatable bonds is 3. The highest BCUT2D eigenvalue weighted by molar-refractivity contribution is 8.00. The zero-order chi connectivity index (χ0) is 14.0. The summed E-state index contributed by atoms with van der Waals surface area (Å²) in [6.07, 6.45) is 0.664. The molecule has 6 nitrogen and oxygen atoms in total. The Bertz CT molecular complexity index is 557. The van der Waals surface area contributed by atoms with Crippen molar-refractivity contribution in [3.8, 4) is 0 Å². The van der Waals surface area contributed by atoms with E-state index in [-0.39, 0.29) is 16.6 Å². The monoisotopic (exact) mass is 282 g/mol. The van der Waals surface area contributed by atoms with Crippen molar-refractivity contribution in [3.05, 3.63) is 34.2 Å². The van der Waals surface area contributed by atoms with Crippen LogP contribution in [0.3, 0.4) is 0 Å². The summed E-state index contributed by atoms with van der Waals surface area (Å²) in [4.78, 5) is 38.6. The average molecular weight is 282 g/mol. The molecule has 1 saturated heterocycles. The standard InChI is InChI=1S/C12H14N2O4S/c1-2-10-14(8(6-19-10)12(17)18)11(16)7-4-3-5-9(15)13-7/h3-5,8,10H,2,6H2,1H3,(H,13,15)(H,17,18). The van der Waals surface area contributed by atoms with Gasteiger partial charge in [-0.3, -0.25) is 9.59 Å². The summed E-state index contributed by atoms with van der Waals surface area (Å²) in [7, 11) is 0. The molecule has 2 atom stereocenters. The summed E-state index contributed by atoms with van der Waals surface area (Å²) in [5.74, 6) is -1.09. The van der Waals surface area contributed by atoms with Gasteiger partial charge >= 0.3 is 5.97 Å². The van der Waals surface area contributed by atoms with E-state index in [2.05, 4.69) is 4.98 Å². The Kier molecular flexibility index (Phi) is 3.94. The van der Waals surface area contributed by atoms with Crippen LogP contribution in [0.15, 0.2) is 23.0 Å². The summed E-state index contributed by atoms with van der Waals surface area (Å²) in [6.45, 7) is 1.90. The summed E-state index contributed by atoms with van der Waals surface area (Å²) >= 11 is 1.45. The normalized spacial score (nSPS) is 22.5. The second-order valence-corrected chi connectivity index (χ2v) is 5.40. The Balaban J connectivity index is 2.33. The molecule has 1 aromatic rings. The van der Waals surface area contributed by atoms with E-state index in [1.807, 2.05) is 6.92 Å². The highest BCUT2D eigenvalue weighted by Gasteiger charge is 2.41. The van der Waals surface area contributed by atoms with E-state index in [4.69, 9.17) is 5.11 Å². The van der Waals surface area contributed by atoms with Crippen LogP contribution in [0.5, 0.6) is 0 Å². The fraction of sp³-hybridized carbons (Fsp3) is 0.417. The number of thioether (sulfide) groups is 1. The van der Waals surface area contributed by atoms with Crippen LogP contribution in [0.25, 0.3) is 0 Å². The molecule has 1 aliphatic heterocycles. The van der Waals surface area contributed by atoms with Crippen molar-refractivity contribution in [2.75, 3.05) is 5.75 Å². The van der Waals surface area contributed by atoms with Gasteiger partial charge in [0.1, 0.15) is 11.7 Å². The molecule has 0 radical (unpaired) electrons. The van der Waals surface area contributed by atoms with Gasteiger partial charge in [0, 0.05) is 11.8 Å². The lowest BCUT2D eigenvalue weighted by Crippen LogP contribution is -2.46. The van der Waals surface area contributed by atoms with Crippen LogP contribution < -0.4 is 5.56 Å². The number of aromatic nitrogens is 1. The molecule has 19 heavy (non-hydrogen) atoms. The maximum absolute atomic E-state index is 12.4. The average Bonchev–Trinajstić information content (AvgIpc) is 2.81. The predicted octanol–water partition coefficient (Wildman–Crippen LogP) is 0.753. The number of nitrogens with one attached hydrogen (secondary N) is 1. The zero-order valence-corrected chi connectivity index (χ0v) is 11.1. The number of amides is 1. The second-order valence-electron chi connectivity index (χ2n) is 4.19. The topological polar surface area (TPSA) is 90.5 Å². The summed E-state index contributed by atoms with van der Waals surface area (Å²) < 4.78 is 0. The number of carbonyl (C=O) groups is 2. The molecule has 0 spiro atoms. The van der Waals surface area contributed by atoms with Crippen LogP contribution in [0.4, 0.5) is 0 Å². The molecular formula is C12H14N2O4S. The van der Waals surface area contributed by atoms with Crippen molar-refractivity contribution in [1.82, 2.24) is 9.88 Å². The van der Waals surface area contributed by atoms with Crippen LogP contribution >= 0.6 is 11.8 Å². The third-order valence-corrected chi connectivity index (χ3v) is 4.41. The molecule has 102 valence electrons. The maximum Gasteiger partial charge on any atom is 0.327 e. The summed E-state index contributed by atoms with van der Waals surface area (Å²) in [5, 5.41) is 9.00. The minimum atomic E-state index is -1.02. The summed E-state index contributed by atoms with van der Waals surface area (Å²) in [5.41, 5.74) is -0.252. The van der Waals surface area contributed by atoms with E-state index in [9.17, 15) is 14.4 Å². The fourth-order valence-electron chi connectivity index (χ4n) is 2.05. The van der Waals surface area contributed by atoms with Crippen molar-refractivity contribution in [2.45, 2.75) is 24.8 Å². The Hall–Kier alpha value is -1.76. The van der Waals surface area contributed by atoms with Gasteiger partial charge in [0.25, 0.3) is 5.91 Å². The molecule has 0 aliphatic carbocycles. The van der Waals surface area contributed by atoms with Crippen LogP contribution in [0.1, 0.15) is 23.8 Å². The van der Waals surface area contributed by atoms with E-state index in [0.717, 1.165) is 0 Å². The molecule has 1 amide bonds. The minimum Gasteiger partial charge on any atom is -0.480 e. The highest BCUT2D eigenvalue weighted by atomic mass is 32.2. The fourth-order valence-corrected chi connectivity index (χ4v) is 3.40. The van der Waals surface area contributed by atoms with Crippen molar-refractivity contribution in [3.63, 3.8) is 0 Å². The maximum atomic E-state index is 12.4. The molecule has 2 N–H and O–H groups in total. The second kappa shape index (κ2) is 5.48. The third kappa shape index (κ3) is 2.65. The number of aromatic amines is 1. The Labute approximate surface area is 113 Å². The molecule has 0 bridgehead atoms. The van der Waals surface area contributed by atoms with E-state index in [1.54, 1.807) is 0 Å². The van der Waals surface area contributed by atoms with Gasteiger partial charge < -0.3 is 15.0 Å². The van der Waals surface area contributed by atoms with Crippen molar-refractivity contribution < 1.29 is 14.7 Å². The van der Waals surface area contributed by atoms with E-state index < -0.39 is 17.9 Å². The van der Waals surface area contributed by atoms with Crippen LogP contribution in [-0.2, 0) is 4.79 Å². The highest BCUT2D eigenvalue weighted by Crippen LogP contribution is 2.32. The number of nitrogens with zero attached hydrogens (tertiary/aromatic N) is 1. The molecule has 0 aromatic carbocycles. The van der Waals surface area contributed by atoms with E-state index in [0.29, 0.717) is 12.2 Å². The van der Waals surface area contributed by atoms with E-state index in [1.165, 1.54) is 34.9 Å². The number of hydrogen-bond acceptors (Lipinski definition) is 4. The molecule has 2 unspecified atom stereocenters. The number of carboxylic acids is 1. The number of carbonyl (C=O) groups excluding carboxylic acids is 1. The van der Waals surface area contributed by atoms with Crippen LogP contribution in [0, 0.1) is 0 Å². The first-order valence-corrected chi connectivity index (χ1v) is 6.96. The quantitative estimate of drug-likeness (QED) is 0.854.